The number of nitrogens with one attached hydrogen (secondary N) is 1. The second-order valence-electron chi connectivity index (χ2n) is 4.06. The maximum Gasteiger partial charge on any atom is 0.240 e. The van der Waals surface area contributed by atoms with Gasteiger partial charge in [0, 0.05) is 17.0 Å². The third kappa shape index (κ3) is 5.20. The Morgan fingerprint density at radius 2 is 2.18 bits per heavy atom. The van der Waals surface area contributed by atoms with Gasteiger partial charge >= 0.3 is 0 Å². The molecule has 0 saturated heterocycles. The predicted octanol–water partition coefficient (Wildman–Crippen LogP) is 3.49. The van der Waals surface area contributed by atoms with E-state index in [1.54, 1.807) is 18.2 Å². The molecule has 0 aliphatic rings. The van der Waals surface area contributed by atoms with E-state index in [-0.39, 0.29) is 5.91 Å². The number of amides is 1. The van der Waals surface area contributed by atoms with Crippen LogP contribution in [-0.4, -0.2) is 12.1 Å². The van der Waals surface area contributed by atoms with E-state index in [4.69, 9.17) is 23.2 Å². The number of rotatable bonds is 4. The monoisotopic (exact) mass is 272 g/mol. The van der Waals surface area contributed by atoms with Crippen molar-refractivity contribution in [1.82, 2.24) is 5.43 Å². The van der Waals surface area contributed by atoms with Crippen LogP contribution in [-0.2, 0) is 4.79 Å². The molecule has 0 aromatic heterocycles. The van der Waals surface area contributed by atoms with Gasteiger partial charge in [0.25, 0.3) is 0 Å². The number of nitrogens with zero attached hydrogens (tertiary/aromatic N) is 1. The minimum Gasteiger partial charge on any atom is -0.273 e. The molecule has 0 aliphatic carbocycles. The zero-order valence-corrected chi connectivity index (χ0v) is 11.2. The lowest BCUT2D eigenvalue weighted by Crippen LogP contribution is -2.19. The molecule has 0 atom stereocenters. The van der Waals surface area contributed by atoms with Crippen molar-refractivity contribution < 1.29 is 4.79 Å². The SMILES string of the molecule is CC(C)CC(=O)N/N=C/c1ccc(Cl)cc1Cl. The molecule has 1 N–H and O–H groups in total. The lowest BCUT2D eigenvalue weighted by atomic mass is 10.1. The minimum absolute atomic E-state index is 0.110. The molecule has 0 heterocycles. The Morgan fingerprint density at radius 3 is 2.76 bits per heavy atom. The van der Waals surface area contributed by atoms with E-state index in [9.17, 15) is 4.79 Å². The van der Waals surface area contributed by atoms with Gasteiger partial charge in [-0.1, -0.05) is 43.1 Å². The molecule has 17 heavy (non-hydrogen) atoms. The summed E-state index contributed by atoms with van der Waals surface area (Å²) < 4.78 is 0. The first-order valence-electron chi connectivity index (χ1n) is 5.26. The number of hydrogen-bond donors (Lipinski definition) is 1. The lowest BCUT2D eigenvalue weighted by molar-refractivity contribution is -0.121. The van der Waals surface area contributed by atoms with Crippen molar-refractivity contribution in [3.05, 3.63) is 33.8 Å². The van der Waals surface area contributed by atoms with Crippen LogP contribution in [0.2, 0.25) is 10.0 Å². The average molecular weight is 273 g/mol. The molecule has 1 aromatic rings. The highest BCUT2D eigenvalue weighted by atomic mass is 35.5. The van der Waals surface area contributed by atoms with E-state index >= 15 is 0 Å². The molecule has 0 bridgehead atoms. The third-order valence-electron chi connectivity index (χ3n) is 1.95. The Balaban J connectivity index is 2.56. The summed E-state index contributed by atoms with van der Waals surface area (Å²) in [4.78, 5) is 11.3. The summed E-state index contributed by atoms with van der Waals surface area (Å²) >= 11 is 11.7. The van der Waals surface area contributed by atoms with Gasteiger partial charge in [-0.2, -0.15) is 5.10 Å². The van der Waals surface area contributed by atoms with Crippen molar-refractivity contribution in [3.63, 3.8) is 0 Å². The van der Waals surface area contributed by atoms with Crippen LogP contribution in [0.4, 0.5) is 0 Å². The molecule has 1 rings (SSSR count). The fourth-order valence-electron chi connectivity index (χ4n) is 1.20. The van der Waals surface area contributed by atoms with Gasteiger partial charge in [0.1, 0.15) is 0 Å². The molecule has 1 aromatic carbocycles. The van der Waals surface area contributed by atoms with E-state index in [0.717, 1.165) is 0 Å². The van der Waals surface area contributed by atoms with E-state index in [0.29, 0.717) is 27.9 Å². The first kappa shape index (κ1) is 14.0. The van der Waals surface area contributed by atoms with E-state index in [1.807, 2.05) is 13.8 Å². The van der Waals surface area contributed by atoms with Crippen LogP contribution in [0.5, 0.6) is 0 Å². The summed E-state index contributed by atoms with van der Waals surface area (Å²) in [5.41, 5.74) is 3.15. The smallest absolute Gasteiger partial charge is 0.240 e. The fourth-order valence-corrected chi connectivity index (χ4v) is 1.65. The average Bonchev–Trinajstić information content (AvgIpc) is 2.20. The number of hydrazone groups is 1. The van der Waals surface area contributed by atoms with Crippen molar-refractivity contribution in [1.29, 1.82) is 0 Å². The molecule has 92 valence electrons. The van der Waals surface area contributed by atoms with Gasteiger partial charge in [0.15, 0.2) is 0 Å². The van der Waals surface area contributed by atoms with Gasteiger partial charge in [0.2, 0.25) is 5.91 Å². The van der Waals surface area contributed by atoms with Gasteiger partial charge in [-0.3, -0.25) is 4.79 Å². The Kier molecular flexibility index (Phi) is 5.45. The maximum atomic E-state index is 11.3. The number of carbonyl (C=O) groups excluding carboxylic acids is 1. The number of benzene rings is 1. The Hall–Kier alpha value is -1.06. The maximum absolute atomic E-state index is 11.3. The molecule has 5 heteroatoms. The zero-order valence-electron chi connectivity index (χ0n) is 9.71. The topological polar surface area (TPSA) is 41.5 Å². The highest BCUT2D eigenvalue weighted by molar-refractivity contribution is 6.36. The van der Waals surface area contributed by atoms with Crippen LogP contribution < -0.4 is 5.43 Å². The molecule has 0 saturated carbocycles. The van der Waals surface area contributed by atoms with Gasteiger partial charge in [-0.15, -0.1) is 0 Å². The van der Waals surface area contributed by atoms with E-state index in [2.05, 4.69) is 10.5 Å². The first-order chi connectivity index (χ1) is 7.99. The standard InChI is InChI=1S/C12H14Cl2N2O/c1-8(2)5-12(17)16-15-7-9-3-4-10(13)6-11(9)14/h3-4,6-8H,5H2,1-2H3,(H,16,17)/b15-7+. The van der Waals surface area contributed by atoms with E-state index < -0.39 is 0 Å². The summed E-state index contributed by atoms with van der Waals surface area (Å²) in [5.74, 6) is 0.200. The molecular weight excluding hydrogens is 259 g/mol. The summed E-state index contributed by atoms with van der Waals surface area (Å²) in [6.45, 7) is 3.94. The molecule has 3 nitrogen and oxygen atoms in total. The van der Waals surface area contributed by atoms with Crippen molar-refractivity contribution in [2.45, 2.75) is 20.3 Å². The normalized spacial score (nSPS) is 11.1. The molecule has 0 unspecified atom stereocenters. The van der Waals surface area contributed by atoms with Crippen LogP contribution in [0.3, 0.4) is 0 Å². The highest BCUT2D eigenvalue weighted by Gasteiger charge is 2.03. The molecule has 0 fully saturated rings. The zero-order chi connectivity index (χ0) is 12.8. The largest absolute Gasteiger partial charge is 0.273 e. The Bertz CT molecular complexity index is 431. The third-order valence-corrected chi connectivity index (χ3v) is 2.51. The summed E-state index contributed by atoms with van der Waals surface area (Å²) in [6, 6.07) is 5.08. The first-order valence-corrected chi connectivity index (χ1v) is 6.01. The Morgan fingerprint density at radius 1 is 1.47 bits per heavy atom. The van der Waals surface area contributed by atoms with Gasteiger partial charge in [-0.05, 0) is 18.1 Å². The molecular formula is C12H14Cl2N2O. The number of carbonyl (C=O) groups is 1. The molecule has 0 radical (unpaired) electrons. The minimum atomic E-state index is -0.110. The molecule has 0 aliphatic heterocycles. The van der Waals surface area contributed by atoms with Crippen LogP contribution in [0.1, 0.15) is 25.8 Å². The lowest BCUT2D eigenvalue weighted by Gasteiger charge is -2.02. The van der Waals surface area contributed by atoms with Crippen LogP contribution in [0, 0.1) is 5.92 Å². The second-order valence-corrected chi connectivity index (χ2v) is 4.90. The van der Waals surface area contributed by atoms with Crippen LogP contribution >= 0.6 is 23.2 Å². The second kappa shape index (κ2) is 6.62. The molecule has 1 amide bonds. The summed E-state index contributed by atoms with van der Waals surface area (Å²) in [6.07, 6.45) is 1.95. The Labute approximate surface area is 111 Å². The van der Waals surface area contributed by atoms with Crippen molar-refractivity contribution in [2.75, 3.05) is 0 Å². The van der Waals surface area contributed by atoms with Gasteiger partial charge in [0.05, 0.1) is 11.2 Å². The summed E-state index contributed by atoms with van der Waals surface area (Å²) in [7, 11) is 0. The molecule has 0 spiro atoms. The van der Waals surface area contributed by atoms with Crippen LogP contribution in [0.25, 0.3) is 0 Å². The predicted molar refractivity (Wildman–Crippen MR) is 71.7 cm³/mol. The van der Waals surface area contributed by atoms with Crippen LogP contribution in [0.15, 0.2) is 23.3 Å². The van der Waals surface area contributed by atoms with Crippen molar-refractivity contribution >= 4 is 35.3 Å². The van der Waals surface area contributed by atoms with Crippen molar-refractivity contribution in [2.24, 2.45) is 11.0 Å². The quantitative estimate of drug-likeness (QED) is 0.662. The van der Waals surface area contributed by atoms with Gasteiger partial charge < -0.3 is 0 Å². The van der Waals surface area contributed by atoms with Gasteiger partial charge in [-0.25, -0.2) is 5.43 Å². The highest BCUT2D eigenvalue weighted by Crippen LogP contribution is 2.19. The van der Waals surface area contributed by atoms with E-state index in [1.165, 1.54) is 6.21 Å². The summed E-state index contributed by atoms with van der Waals surface area (Å²) in [5, 5.41) is 4.90. The number of halogens is 2. The van der Waals surface area contributed by atoms with Crippen molar-refractivity contribution in [3.8, 4) is 0 Å². The number of hydrogen-bond acceptors (Lipinski definition) is 2. The fraction of sp³-hybridized carbons (Fsp3) is 0.333.